The fraction of sp³-hybridized carbons (Fsp3) is 0.533. The number of likely N-dealkylation sites (N-methyl/N-ethyl adjacent to an activating group) is 1. The third-order valence-corrected chi connectivity index (χ3v) is 3.96. The van der Waals surface area contributed by atoms with Gasteiger partial charge in [0.2, 0.25) is 0 Å². The second kappa shape index (κ2) is 8.55. The van der Waals surface area contributed by atoms with Gasteiger partial charge in [-0.1, -0.05) is 18.2 Å². The van der Waals surface area contributed by atoms with E-state index in [1.165, 1.54) is 0 Å². The standard InChI is InChI=1S/C15H24N4O.HI/c1-19(2)15(8-10-20-11-9-15)12-17-14(16)18-13-6-4-3-5-7-13;/h3-7H,8-12H2,1-2H3,(H3,16,17,18);1H. The Labute approximate surface area is 144 Å². The van der Waals surface area contributed by atoms with Gasteiger partial charge >= 0.3 is 0 Å². The molecular formula is C15H25IN4O. The Morgan fingerprint density at radius 1 is 1.29 bits per heavy atom. The lowest BCUT2D eigenvalue weighted by atomic mass is 9.89. The van der Waals surface area contributed by atoms with Gasteiger partial charge in [-0.05, 0) is 39.1 Å². The highest BCUT2D eigenvalue weighted by Crippen LogP contribution is 2.26. The van der Waals surface area contributed by atoms with Gasteiger partial charge in [0.15, 0.2) is 5.96 Å². The van der Waals surface area contributed by atoms with Crippen LogP contribution in [0.1, 0.15) is 12.8 Å². The highest BCUT2D eigenvalue weighted by molar-refractivity contribution is 14.0. The first-order chi connectivity index (χ1) is 9.62. The van der Waals surface area contributed by atoms with E-state index in [1.54, 1.807) is 0 Å². The van der Waals surface area contributed by atoms with Gasteiger partial charge in [-0.3, -0.25) is 4.99 Å². The molecular weight excluding hydrogens is 379 g/mol. The van der Waals surface area contributed by atoms with Crippen molar-refractivity contribution in [1.29, 1.82) is 0 Å². The quantitative estimate of drug-likeness (QED) is 0.459. The molecule has 1 aliphatic heterocycles. The maximum Gasteiger partial charge on any atom is 0.193 e. The van der Waals surface area contributed by atoms with Crippen molar-refractivity contribution in [3.05, 3.63) is 30.3 Å². The van der Waals surface area contributed by atoms with Gasteiger partial charge in [-0.15, -0.1) is 24.0 Å². The van der Waals surface area contributed by atoms with Crippen molar-refractivity contribution in [1.82, 2.24) is 4.90 Å². The summed E-state index contributed by atoms with van der Waals surface area (Å²) in [5.41, 5.74) is 6.99. The summed E-state index contributed by atoms with van der Waals surface area (Å²) in [5.74, 6) is 0.462. The molecule has 6 heteroatoms. The average molecular weight is 404 g/mol. The zero-order valence-corrected chi connectivity index (χ0v) is 15.0. The van der Waals surface area contributed by atoms with E-state index in [9.17, 15) is 0 Å². The molecule has 0 aliphatic carbocycles. The molecule has 0 aromatic heterocycles. The van der Waals surface area contributed by atoms with Crippen LogP contribution in [0.4, 0.5) is 5.69 Å². The van der Waals surface area contributed by atoms with E-state index in [0.29, 0.717) is 12.5 Å². The van der Waals surface area contributed by atoms with Crippen LogP contribution in [0, 0.1) is 0 Å². The second-order valence-electron chi connectivity index (χ2n) is 5.42. The zero-order valence-electron chi connectivity index (χ0n) is 12.7. The number of hydrogen-bond donors (Lipinski definition) is 2. The maximum absolute atomic E-state index is 5.97. The normalized spacial score (nSPS) is 18.1. The Balaban J connectivity index is 0.00000220. The molecule has 3 N–H and O–H groups in total. The predicted molar refractivity (Wildman–Crippen MR) is 98.4 cm³/mol. The summed E-state index contributed by atoms with van der Waals surface area (Å²) in [4.78, 5) is 6.77. The molecule has 2 rings (SSSR count). The van der Waals surface area contributed by atoms with Crippen molar-refractivity contribution < 1.29 is 4.74 Å². The summed E-state index contributed by atoms with van der Waals surface area (Å²) in [5, 5.41) is 3.12. The lowest BCUT2D eigenvalue weighted by Gasteiger charge is -2.41. The van der Waals surface area contributed by atoms with Crippen molar-refractivity contribution in [2.45, 2.75) is 18.4 Å². The third kappa shape index (κ3) is 5.12. The van der Waals surface area contributed by atoms with Gasteiger partial charge in [0, 0.05) is 24.4 Å². The largest absolute Gasteiger partial charge is 0.381 e. The number of ether oxygens (including phenoxy) is 1. The van der Waals surface area contributed by atoms with Gasteiger partial charge in [0.25, 0.3) is 0 Å². The summed E-state index contributed by atoms with van der Waals surface area (Å²) in [6.07, 6.45) is 1.98. The molecule has 1 saturated heterocycles. The molecule has 0 bridgehead atoms. The highest BCUT2D eigenvalue weighted by atomic mass is 127. The molecule has 0 atom stereocenters. The Morgan fingerprint density at radius 3 is 2.48 bits per heavy atom. The predicted octanol–water partition coefficient (Wildman–Crippen LogP) is 2.14. The molecule has 1 aromatic carbocycles. The van der Waals surface area contributed by atoms with E-state index in [1.807, 2.05) is 30.3 Å². The monoisotopic (exact) mass is 404 g/mol. The van der Waals surface area contributed by atoms with Crippen molar-refractivity contribution in [2.24, 2.45) is 10.7 Å². The fourth-order valence-corrected chi connectivity index (χ4v) is 2.44. The van der Waals surface area contributed by atoms with E-state index >= 15 is 0 Å². The summed E-state index contributed by atoms with van der Waals surface area (Å²) in [6, 6.07) is 9.85. The average Bonchev–Trinajstić information content (AvgIpc) is 2.47. The number of aliphatic imine (C=N–C) groups is 1. The SMILES string of the molecule is CN(C)C1(CN=C(N)Nc2ccccc2)CCOCC1.I. The highest BCUT2D eigenvalue weighted by Gasteiger charge is 2.34. The van der Waals surface area contributed by atoms with E-state index in [0.717, 1.165) is 31.7 Å². The minimum Gasteiger partial charge on any atom is -0.381 e. The summed E-state index contributed by atoms with van der Waals surface area (Å²) in [7, 11) is 4.20. The molecule has 21 heavy (non-hydrogen) atoms. The molecule has 0 unspecified atom stereocenters. The Hall–Kier alpha value is -0.860. The van der Waals surface area contributed by atoms with E-state index in [-0.39, 0.29) is 29.5 Å². The molecule has 0 radical (unpaired) electrons. The zero-order chi connectivity index (χ0) is 14.4. The van der Waals surface area contributed by atoms with Crippen molar-refractivity contribution in [2.75, 3.05) is 39.2 Å². The van der Waals surface area contributed by atoms with Crippen LogP contribution in [0.2, 0.25) is 0 Å². The lowest BCUT2D eigenvalue weighted by Crippen LogP contribution is -2.51. The third-order valence-electron chi connectivity index (χ3n) is 3.96. The number of anilines is 1. The Morgan fingerprint density at radius 2 is 1.90 bits per heavy atom. The minimum atomic E-state index is 0. The molecule has 1 fully saturated rings. The van der Waals surface area contributed by atoms with Crippen LogP contribution >= 0.6 is 24.0 Å². The minimum absolute atomic E-state index is 0. The first-order valence-corrected chi connectivity index (χ1v) is 7.00. The van der Waals surface area contributed by atoms with Gasteiger partial charge in [0.05, 0.1) is 6.54 Å². The van der Waals surface area contributed by atoms with Crippen LogP contribution in [0.3, 0.4) is 0 Å². The number of benzene rings is 1. The molecule has 0 saturated carbocycles. The Bertz CT molecular complexity index is 444. The molecule has 0 amide bonds. The number of hydrogen-bond acceptors (Lipinski definition) is 3. The molecule has 1 heterocycles. The maximum atomic E-state index is 5.97. The number of nitrogens with one attached hydrogen (secondary N) is 1. The van der Waals surface area contributed by atoms with Crippen LogP contribution in [-0.4, -0.2) is 50.3 Å². The van der Waals surface area contributed by atoms with Crippen molar-refractivity contribution in [3.63, 3.8) is 0 Å². The first kappa shape index (κ1) is 18.2. The van der Waals surface area contributed by atoms with Crippen LogP contribution < -0.4 is 11.1 Å². The number of halogens is 1. The van der Waals surface area contributed by atoms with E-state index < -0.39 is 0 Å². The van der Waals surface area contributed by atoms with Crippen LogP contribution in [0.15, 0.2) is 35.3 Å². The van der Waals surface area contributed by atoms with Crippen molar-refractivity contribution in [3.8, 4) is 0 Å². The van der Waals surface area contributed by atoms with Gasteiger partial charge in [0.1, 0.15) is 0 Å². The molecule has 1 aliphatic rings. The van der Waals surface area contributed by atoms with E-state index in [4.69, 9.17) is 10.5 Å². The number of rotatable bonds is 4. The number of para-hydroxylation sites is 1. The smallest absolute Gasteiger partial charge is 0.193 e. The van der Waals surface area contributed by atoms with Crippen molar-refractivity contribution >= 4 is 35.6 Å². The van der Waals surface area contributed by atoms with Crippen LogP contribution in [0.25, 0.3) is 0 Å². The summed E-state index contributed by atoms with van der Waals surface area (Å²) in [6.45, 7) is 2.27. The summed E-state index contributed by atoms with van der Waals surface area (Å²) < 4.78 is 5.46. The fourth-order valence-electron chi connectivity index (χ4n) is 2.44. The number of nitrogens with zero attached hydrogens (tertiary/aromatic N) is 2. The topological polar surface area (TPSA) is 62.9 Å². The second-order valence-corrected chi connectivity index (χ2v) is 5.42. The van der Waals surface area contributed by atoms with Crippen LogP contribution in [0.5, 0.6) is 0 Å². The number of nitrogens with two attached hydrogens (primary N) is 1. The number of guanidine groups is 1. The molecule has 5 nitrogen and oxygen atoms in total. The van der Waals surface area contributed by atoms with Gasteiger partial charge in [-0.2, -0.15) is 0 Å². The summed E-state index contributed by atoms with van der Waals surface area (Å²) >= 11 is 0. The first-order valence-electron chi connectivity index (χ1n) is 7.00. The molecule has 0 spiro atoms. The van der Waals surface area contributed by atoms with Crippen LogP contribution in [-0.2, 0) is 4.74 Å². The lowest BCUT2D eigenvalue weighted by molar-refractivity contribution is -0.00249. The van der Waals surface area contributed by atoms with Gasteiger partial charge in [-0.25, -0.2) is 0 Å². The van der Waals surface area contributed by atoms with E-state index in [2.05, 4.69) is 29.3 Å². The molecule has 1 aromatic rings. The van der Waals surface area contributed by atoms with Gasteiger partial charge < -0.3 is 20.7 Å². The Kier molecular flexibility index (Phi) is 7.41. The molecule has 118 valence electrons.